The third kappa shape index (κ3) is 6.18. The smallest absolute Gasteiger partial charge is 0.407 e. The quantitative estimate of drug-likeness (QED) is 0.327. The normalized spacial score (nSPS) is 19.8. The minimum Gasteiger partial charge on any atom is -0.453 e. The molecule has 2 aromatic carbocycles. The van der Waals surface area contributed by atoms with Crippen molar-refractivity contribution in [1.82, 2.24) is 20.2 Å². The zero-order valence-electron chi connectivity index (χ0n) is 25.8. The van der Waals surface area contributed by atoms with E-state index >= 15 is 0 Å². The van der Waals surface area contributed by atoms with Crippen molar-refractivity contribution in [3.05, 3.63) is 71.7 Å². The van der Waals surface area contributed by atoms with Crippen LogP contribution in [0.5, 0.6) is 0 Å². The van der Waals surface area contributed by atoms with Crippen molar-refractivity contribution in [1.29, 1.82) is 0 Å². The Bertz CT molecular complexity index is 1370. The largest absolute Gasteiger partial charge is 0.453 e. The molecule has 0 bridgehead atoms. The summed E-state index contributed by atoms with van der Waals surface area (Å²) in [6, 6.07) is 17.4. The summed E-state index contributed by atoms with van der Waals surface area (Å²) in [7, 11) is 1.31. The van der Waals surface area contributed by atoms with E-state index in [0.29, 0.717) is 12.6 Å². The van der Waals surface area contributed by atoms with Gasteiger partial charge in [-0.3, -0.25) is 4.79 Å². The van der Waals surface area contributed by atoms with Gasteiger partial charge in [-0.1, -0.05) is 71.0 Å². The highest BCUT2D eigenvalue weighted by Gasteiger charge is 2.37. The fourth-order valence-corrected chi connectivity index (χ4v) is 6.31. The van der Waals surface area contributed by atoms with Crippen LogP contribution < -0.4 is 10.2 Å². The number of aromatic nitrogens is 2. The van der Waals surface area contributed by atoms with Crippen LogP contribution in [-0.2, 0) is 14.9 Å². The molecule has 5 rings (SSSR count). The van der Waals surface area contributed by atoms with E-state index in [1.165, 1.54) is 30.3 Å². The molecule has 1 aromatic heterocycles. The number of hydrogen-bond donors (Lipinski definition) is 2. The van der Waals surface area contributed by atoms with E-state index in [4.69, 9.17) is 9.72 Å². The number of rotatable bonds is 7. The standard InChI is InChI=1S/C34H45N5O3/c1-22(2)30(37-33(41)42-6)32(40)39-20-8-10-29(39)31-35-21-27(36-31)23-11-13-24(14-12-23)28-9-7-19-38(28)26-17-15-25(16-18-26)34(3,4)5/h11-18,21-22,28-30H,7-10,19-20H2,1-6H3,(H,35,36)(H,37,41)/t28-,29+,30+/m1/s1. The number of aromatic amines is 1. The van der Waals surface area contributed by atoms with Crippen LogP contribution in [0.2, 0.25) is 0 Å². The second-order valence-corrected chi connectivity index (χ2v) is 13.0. The topological polar surface area (TPSA) is 90.6 Å². The number of methoxy groups -OCH3 is 1. The third-order valence-corrected chi connectivity index (χ3v) is 8.76. The minimum absolute atomic E-state index is 0.0674. The van der Waals surface area contributed by atoms with Gasteiger partial charge in [0.1, 0.15) is 11.9 Å². The van der Waals surface area contributed by atoms with Crippen LogP contribution in [-0.4, -0.2) is 53.1 Å². The van der Waals surface area contributed by atoms with Crippen molar-refractivity contribution >= 4 is 17.7 Å². The highest BCUT2D eigenvalue weighted by atomic mass is 16.5. The Morgan fingerprint density at radius 1 is 0.976 bits per heavy atom. The maximum Gasteiger partial charge on any atom is 0.407 e. The van der Waals surface area contributed by atoms with Crippen LogP contribution in [0.4, 0.5) is 10.5 Å². The molecule has 3 aromatic rings. The van der Waals surface area contributed by atoms with Crippen molar-refractivity contribution in [2.45, 2.75) is 83.8 Å². The number of alkyl carbamates (subject to hydrolysis) is 1. The van der Waals surface area contributed by atoms with Gasteiger partial charge in [-0.25, -0.2) is 9.78 Å². The van der Waals surface area contributed by atoms with Gasteiger partial charge in [-0.05, 0) is 65.8 Å². The van der Waals surface area contributed by atoms with Crippen molar-refractivity contribution < 1.29 is 14.3 Å². The Labute approximate surface area is 249 Å². The van der Waals surface area contributed by atoms with Crippen molar-refractivity contribution in [2.24, 2.45) is 5.92 Å². The molecule has 0 radical (unpaired) electrons. The van der Waals surface area contributed by atoms with E-state index in [0.717, 1.165) is 42.9 Å². The monoisotopic (exact) mass is 571 g/mol. The summed E-state index contributed by atoms with van der Waals surface area (Å²) < 4.78 is 4.75. The van der Waals surface area contributed by atoms with E-state index in [-0.39, 0.29) is 23.3 Å². The predicted octanol–water partition coefficient (Wildman–Crippen LogP) is 6.76. The first kappa shape index (κ1) is 29.7. The SMILES string of the molecule is COC(=O)N[C@H](C(=O)N1CCC[C@H]1c1ncc(-c2ccc([C@H]3CCCN3c3ccc(C(C)(C)C)cc3)cc2)[nH]1)C(C)C. The summed E-state index contributed by atoms with van der Waals surface area (Å²) in [4.78, 5) is 37.9. The van der Waals surface area contributed by atoms with Crippen LogP contribution in [0.1, 0.15) is 89.3 Å². The Hall–Kier alpha value is -3.81. The first-order valence-corrected chi connectivity index (χ1v) is 15.2. The summed E-state index contributed by atoms with van der Waals surface area (Å²) in [5.74, 6) is 0.609. The zero-order valence-corrected chi connectivity index (χ0v) is 25.8. The molecule has 2 aliphatic rings. The molecule has 2 aliphatic heterocycles. The van der Waals surface area contributed by atoms with E-state index in [9.17, 15) is 9.59 Å². The van der Waals surface area contributed by atoms with Crippen LogP contribution in [0.3, 0.4) is 0 Å². The van der Waals surface area contributed by atoms with Gasteiger partial charge in [-0.15, -0.1) is 0 Å². The number of benzene rings is 2. The summed E-state index contributed by atoms with van der Waals surface area (Å²) in [5.41, 5.74) is 6.11. The maximum atomic E-state index is 13.5. The lowest BCUT2D eigenvalue weighted by molar-refractivity contribution is -0.135. The number of H-pyrrole nitrogens is 1. The molecule has 3 atom stereocenters. The molecule has 2 saturated heterocycles. The zero-order chi connectivity index (χ0) is 30.0. The fraction of sp³-hybridized carbons (Fsp3) is 0.500. The second-order valence-electron chi connectivity index (χ2n) is 13.0. The number of carbonyl (C=O) groups is 2. The van der Waals surface area contributed by atoms with Crippen LogP contribution in [0.25, 0.3) is 11.3 Å². The molecule has 2 amide bonds. The summed E-state index contributed by atoms with van der Waals surface area (Å²) >= 11 is 0. The lowest BCUT2D eigenvalue weighted by atomic mass is 9.87. The van der Waals surface area contributed by atoms with Crippen LogP contribution >= 0.6 is 0 Å². The fourth-order valence-electron chi connectivity index (χ4n) is 6.31. The summed E-state index contributed by atoms with van der Waals surface area (Å²) in [5, 5.41) is 2.71. The molecule has 2 N–H and O–H groups in total. The Balaban J connectivity index is 1.29. The Morgan fingerprint density at radius 2 is 1.64 bits per heavy atom. The van der Waals surface area contributed by atoms with Crippen molar-refractivity contribution in [3.8, 4) is 11.3 Å². The van der Waals surface area contributed by atoms with E-state index in [1.807, 2.05) is 24.9 Å². The molecule has 0 aliphatic carbocycles. The minimum atomic E-state index is -0.647. The van der Waals surface area contributed by atoms with Crippen LogP contribution in [0, 0.1) is 5.92 Å². The molecule has 3 heterocycles. The number of nitrogens with zero attached hydrogens (tertiary/aromatic N) is 3. The molecule has 0 unspecified atom stereocenters. The van der Waals surface area contributed by atoms with Crippen molar-refractivity contribution in [3.63, 3.8) is 0 Å². The van der Waals surface area contributed by atoms with E-state index in [2.05, 4.69) is 84.5 Å². The number of carbonyl (C=O) groups excluding carboxylic acids is 2. The number of likely N-dealkylation sites (tertiary alicyclic amines) is 1. The molecule has 42 heavy (non-hydrogen) atoms. The molecular formula is C34H45N5O3. The average molecular weight is 572 g/mol. The second kappa shape index (κ2) is 12.2. The Kier molecular flexibility index (Phi) is 8.62. The van der Waals surface area contributed by atoms with Gasteiger partial charge in [0.2, 0.25) is 5.91 Å². The number of hydrogen-bond acceptors (Lipinski definition) is 5. The number of nitrogens with one attached hydrogen (secondary N) is 2. The maximum absolute atomic E-state index is 13.5. The predicted molar refractivity (Wildman–Crippen MR) is 166 cm³/mol. The van der Waals surface area contributed by atoms with Gasteiger partial charge in [0.05, 0.1) is 31.1 Å². The highest BCUT2D eigenvalue weighted by molar-refractivity contribution is 5.86. The molecule has 2 fully saturated rings. The lowest BCUT2D eigenvalue weighted by Crippen LogP contribution is -2.51. The van der Waals surface area contributed by atoms with Gasteiger partial charge in [0.15, 0.2) is 0 Å². The third-order valence-electron chi connectivity index (χ3n) is 8.76. The molecule has 8 heteroatoms. The van der Waals surface area contributed by atoms with Gasteiger partial charge >= 0.3 is 6.09 Å². The average Bonchev–Trinajstić information content (AvgIpc) is 3.75. The molecule has 0 spiro atoms. The number of imidazole rings is 1. The first-order valence-electron chi connectivity index (χ1n) is 15.2. The van der Waals surface area contributed by atoms with Gasteiger partial charge < -0.3 is 24.8 Å². The van der Waals surface area contributed by atoms with E-state index < -0.39 is 12.1 Å². The molecule has 8 nitrogen and oxygen atoms in total. The number of anilines is 1. The highest BCUT2D eigenvalue weighted by Crippen LogP contribution is 2.38. The Morgan fingerprint density at radius 3 is 2.29 bits per heavy atom. The van der Waals surface area contributed by atoms with Gasteiger partial charge in [0, 0.05) is 18.8 Å². The molecule has 224 valence electrons. The molecule has 0 saturated carbocycles. The lowest BCUT2D eigenvalue weighted by Gasteiger charge is -2.30. The van der Waals surface area contributed by atoms with E-state index in [1.54, 1.807) is 0 Å². The summed E-state index contributed by atoms with van der Waals surface area (Å²) in [6.45, 7) is 12.3. The summed E-state index contributed by atoms with van der Waals surface area (Å²) in [6.07, 6.45) is 5.30. The number of ether oxygens (including phenoxy) is 1. The van der Waals surface area contributed by atoms with Gasteiger partial charge in [-0.2, -0.15) is 0 Å². The van der Waals surface area contributed by atoms with Gasteiger partial charge in [0.25, 0.3) is 0 Å². The van der Waals surface area contributed by atoms with Crippen molar-refractivity contribution in [2.75, 3.05) is 25.1 Å². The first-order chi connectivity index (χ1) is 20.1. The number of amides is 2. The molecular weight excluding hydrogens is 526 g/mol. The van der Waals surface area contributed by atoms with Crippen LogP contribution in [0.15, 0.2) is 54.7 Å².